The number of aromatic hydroxyl groups is 1. The molecule has 1 atom stereocenters. The summed E-state index contributed by atoms with van der Waals surface area (Å²) < 4.78 is 10.5. The van der Waals surface area contributed by atoms with Crippen LogP contribution >= 0.6 is 0 Å². The van der Waals surface area contributed by atoms with Crippen molar-refractivity contribution in [3.05, 3.63) is 89.0 Å². The number of methoxy groups -OCH3 is 1. The molecule has 0 saturated heterocycles. The van der Waals surface area contributed by atoms with Gasteiger partial charge in [-0.2, -0.15) is 0 Å². The van der Waals surface area contributed by atoms with Gasteiger partial charge in [-0.15, -0.1) is 0 Å². The summed E-state index contributed by atoms with van der Waals surface area (Å²) in [6.07, 6.45) is 0.0792. The van der Waals surface area contributed by atoms with Crippen LogP contribution in [0.25, 0.3) is 0 Å². The third kappa shape index (κ3) is 3.11. The lowest BCUT2D eigenvalue weighted by atomic mass is 9.84. The van der Waals surface area contributed by atoms with E-state index in [0.29, 0.717) is 16.9 Å². The number of esters is 1. The van der Waals surface area contributed by atoms with Crippen LogP contribution in [0.4, 0.5) is 0 Å². The molecule has 4 rings (SSSR count). The fraction of sp³-hybridized carbons (Fsp3) is 0.130. The van der Waals surface area contributed by atoms with Crippen molar-refractivity contribution in [2.24, 2.45) is 0 Å². The van der Waals surface area contributed by atoms with E-state index < -0.39 is 5.92 Å². The summed E-state index contributed by atoms with van der Waals surface area (Å²) in [6, 6.07) is 19.1. The van der Waals surface area contributed by atoms with E-state index in [2.05, 4.69) is 0 Å². The van der Waals surface area contributed by atoms with E-state index in [1.165, 1.54) is 6.07 Å². The Morgan fingerprint density at radius 3 is 2.43 bits per heavy atom. The van der Waals surface area contributed by atoms with E-state index in [9.17, 15) is 14.7 Å². The third-order valence-electron chi connectivity index (χ3n) is 4.92. The maximum atomic E-state index is 12.9. The van der Waals surface area contributed by atoms with E-state index >= 15 is 0 Å². The molecule has 5 nitrogen and oxygen atoms in total. The van der Waals surface area contributed by atoms with Crippen LogP contribution in [0.3, 0.4) is 0 Å². The number of ketones is 1. The van der Waals surface area contributed by atoms with Crippen LogP contribution in [0.2, 0.25) is 0 Å². The molecular formula is C23H18O5. The lowest BCUT2D eigenvalue weighted by Crippen LogP contribution is -2.21. The van der Waals surface area contributed by atoms with Crippen LogP contribution in [0.15, 0.2) is 66.7 Å². The summed E-state index contributed by atoms with van der Waals surface area (Å²) in [5.74, 6) is -0.259. The predicted octanol–water partition coefficient (Wildman–Crippen LogP) is 4.07. The van der Waals surface area contributed by atoms with Crippen molar-refractivity contribution in [2.75, 3.05) is 7.11 Å². The molecule has 28 heavy (non-hydrogen) atoms. The minimum absolute atomic E-state index is 0.0792. The monoisotopic (exact) mass is 374 g/mol. The van der Waals surface area contributed by atoms with Gasteiger partial charge in [0, 0.05) is 17.0 Å². The molecule has 5 heteroatoms. The molecule has 0 aliphatic carbocycles. The molecule has 1 aliphatic heterocycles. The third-order valence-corrected chi connectivity index (χ3v) is 4.92. The molecule has 1 aliphatic rings. The molecule has 1 N–H and O–H groups in total. The fourth-order valence-corrected chi connectivity index (χ4v) is 3.50. The fourth-order valence-electron chi connectivity index (χ4n) is 3.50. The van der Waals surface area contributed by atoms with Crippen LogP contribution < -0.4 is 9.47 Å². The Morgan fingerprint density at radius 2 is 1.75 bits per heavy atom. The number of hydrogen-bond donors (Lipinski definition) is 1. The maximum Gasteiger partial charge on any atom is 0.312 e. The van der Waals surface area contributed by atoms with Gasteiger partial charge in [-0.25, -0.2) is 0 Å². The van der Waals surface area contributed by atoms with Crippen molar-refractivity contribution in [1.82, 2.24) is 0 Å². The maximum absolute atomic E-state index is 12.9. The SMILES string of the molecule is COc1ccc(C2CC(=O)Oc3ccc(C(=O)c4ccccc4)c(O)c32)cc1. The van der Waals surface area contributed by atoms with Gasteiger partial charge in [0.2, 0.25) is 0 Å². The van der Waals surface area contributed by atoms with Gasteiger partial charge in [0.05, 0.1) is 19.1 Å². The Bertz CT molecular complexity index is 1040. The molecule has 3 aromatic carbocycles. The lowest BCUT2D eigenvalue weighted by Gasteiger charge is -2.26. The average molecular weight is 374 g/mol. The number of carbonyl (C=O) groups is 2. The van der Waals surface area contributed by atoms with E-state index in [4.69, 9.17) is 9.47 Å². The molecule has 1 heterocycles. The number of fused-ring (bicyclic) bond motifs is 1. The number of rotatable bonds is 4. The molecule has 0 saturated carbocycles. The topological polar surface area (TPSA) is 72.8 Å². The van der Waals surface area contributed by atoms with Crippen molar-refractivity contribution in [1.29, 1.82) is 0 Å². The zero-order chi connectivity index (χ0) is 19.7. The molecular weight excluding hydrogens is 356 g/mol. The molecule has 0 bridgehead atoms. The second-order valence-electron chi connectivity index (χ2n) is 6.57. The number of carbonyl (C=O) groups excluding carboxylic acids is 2. The van der Waals surface area contributed by atoms with Gasteiger partial charge in [0.25, 0.3) is 0 Å². The number of ether oxygens (including phenoxy) is 2. The van der Waals surface area contributed by atoms with Crippen molar-refractivity contribution >= 4 is 11.8 Å². The highest BCUT2D eigenvalue weighted by atomic mass is 16.5. The Morgan fingerprint density at radius 1 is 1.04 bits per heavy atom. The molecule has 0 aromatic heterocycles. The van der Waals surface area contributed by atoms with Crippen LogP contribution in [0.1, 0.15) is 39.4 Å². The van der Waals surface area contributed by atoms with Crippen molar-refractivity contribution in [3.8, 4) is 17.2 Å². The van der Waals surface area contributed by atoms with Gasteiger partial charge < -0.3 is 14.6 Å². The van der Waals surface area contributed by atoms with Crippen LogP contribution in [0.5, 0.6) is 17.2 Å². The average Bonchev–Trinajstić information content (AvgIpc) is 2.73. The van der Waals surface area contributed by atoms with Crippen LogP contribution in [0, 0.1) is 0 Å². The van der Waals surface area contributed by atoms with Crippen molar-refractivity contribution in [3.63, 3.8) is 0 Å². The zero-order valence-electron chi connectivity index (χ0n) is 15.2. The number of phenolic OH excluding ortho intramolecular Hbond substituents is 1. The summed E-state index contributed by atoms with van der Waals surface area (Å²) >= 11 is 0. The first-order chi connectivity index (χ1) is 13.6. The number of benzene rings is 3. The van der Waals surface area contributed by atoms with E-state index in [-0.39, 0.29) is 35.2 Å². The first kappa shape index (κ1) is 17.8. The van der Waals surface area contributed by atoms with E-state index in [1.54, 1.807) is 49.6 Å². The van der Waals surface area contributed by atoms with Gasteiger partial charge in [-0.05, 0) is 29.8 Å². The van der Waals surface area contributed by atoms with Gasteiger partial charge >= 0.3 is 5.97 Å². The molecule has 3 aromatic rings. The highest BCUT2D eigenvalue weighted by molar-refractivity contribution is 6.11. The van der Waals surface area contributed by atoms with Crippen LogP contribution in [-0.2, 0) is 4.79 Å². The van der Waals surface area contributed by atoms with Gasteiger partial charge in [-0.3, -0.25) is 9.59 Å². The minimum atomic E-state index is -0.411. The highest BCUT2D eigenvalue weighted by Crippen LogP contribution is 2.45. The molecule has 0 radical (unpaired) electrons. The number of hydrogen-bond acceptors (Lipinski definition) is 5. The summed E-state index contributed by atoms with van der Waals surface area (Å²) in [7, 11) is 1.58. The highest BCUT2D eigenvalue weighted by Gasteiger charge is 2.33. The normalized spacial score (nSPS) is 15.5. The summed E-state index contributed by atoms with van der Waals surface area (Å²) in [6.45, 7) is 0. The van der Waals surface area contributed by atoms with Crippen LogP contribution in [-0.4, -0.2) is 24.0 Å². The Hall–Kier alpha value is -3.60. The number of phenols is 1. The quantitative estimate of drug-likeness (QED) is 0.423. The minimum Gasteiger partial charge on any atom is -0.507 e. The second kappa shape index (κ2) is 7.19. The molecule has 140 valence electrons. The largest absolute Gasteiger partial charge is 0.507 e. The summed E-state index contributed by atoms with van der Waals surface area (Å²) in [5, 5.41) is 10.9. The van der Waals surface area contributed by atoms with Gasteiger partial charge in [0.15, 0.2) is 5.78 Å². The van der Waals surface area contributed by atoms with Gasteiger partial charge in [-0.1, -0.05) is 42.5 Å². The Balaban J connectivity index is 1.81. The predicted molar refractivity (Wildman–Crippen MR) is 103 cm³/mol. The van der Waals surface area contributed by atoms with Crippen molar-refractivity contribution < 1.29 is 24.2 Å². The Kier molecular flexibility index (Phi) is 4.57. The first-order valence-electron chi connectivity index (χ1n) is 8.88. The smallest absolute Gasteiger partial charge is 0.312 e. The molecule has 0 amide bonds. The van der Waals surface area contributed by atoms with Crippen molar-refractivity contribution in [2.45, 2.75) is 12.3 Å². The molecule has 0 fully saturated rings. The summed E-state index contributed by atoms with van der Waals surface area (Å²) in [4.78, 5) is 24.9. The second-order valence-corrected chi connectivity index (χ2v) is 6.57. The first-order valence-corrected chi connectivity index (χ1v) is 8.88. The van der Waals surface area contributed by atoms with Gasteiger partial charge in [0.1, 0.15) is 17.2 Å². The van der Waals surface area contributed by atoms with E-state index in [0.717, 1.165) is 5.56 Å². The molecule has 0 spiro atoms. The lowest BCUT2D eigenvalue weighted by molar-refractivity contribution is -0.135. The Labute approximate surface area is 162 Å². The molecule has 1 unspecified atom stereocenters. The zero-order valence-corrected chi connectivity index (χ0v) is 15.2. The standard InChI is InChI=1S/C23H18O5/c1-27-16-9-7-14(8-10-16)18-13-20(24)28-19-12-11-17(23(26)21(18)19)22(25)15-5-3-2-4-6-15/h2-12,18,26H,13H2,1H3. The van der Waals surface area contributed by atoms with E-state index in [1.807, 2.05) is 18.2 Å². The summed E-state index contributed by atoms with van der Waals surface area (Å²) in [5.41, 5.74) is 1.94.